The molecule has 3 heteroatoms. The maximum Gasteiger partial charge on any atom is 0.0880 e. The van der Waals surface area contributed by atoms with E-state index in [0.29, 0.717) is 18.8 Å². The van der Waals surface area contributed by atoms with Crippen molar-refractivity contribution in [3.05, 3.63) is 0 Å². The van der Waals surface area contributed by atoms with Crippen LogP contribution in [0.5, 0.6) is 0 Å². The average Bonchev–Trinajstić information content (AvgIpc) is 2.45. The van der Waals surface area contributed by atoms with E-state index in [1.54, 1.807) is 0 Å². The first-order chi connectivity index (χ1) is 9.22. The van der Waals surface area contributed by atoms with Crippen LogP contribution in [0, 0.1) is 0 Å². The van der Waals surface area contributed by atoms with E-state index in [1.165, 1.54) is 25.7 Å². The molecule has 2 fully saturated rings. The molecule has 0 aromatic rings. The summed E-state index contributed by atoms with van der Waals surface area (Å²) in [5.74, 6) is 0. The second-order valence-corrected chi connectivity index (χ2v) is 6.52. The fraction of sp³-hybridized carbons (Fsp3) is 1.00. The lowest BCUT2D eigenvalue weighted by Crippen LogP contribution is -2.40. The van der Waals surface area contributed by atoms with Crippen LogP contribution in [0.1, 0.15) is 71.1 Å². The van der Waals surface area contributed by atoms with Gasteiger partial charge in [0.25, 0.3) is 0 Å². The Morgan fingerprint density at radius 1 is 1.11 bits per heavy atom. The molecule has 3 nitrogen and oxygen atoms in total. The Morgan fingerprint density at radius 3 is 2.42 bits per heavy atom. The van der Waals surface area contributed by atoms with Gasteiger partial charge in [-0.05, 0) is 51.5 Å². The summed E-state index contributed by atoms with van der Waals surface area (Å²) >= 11 is 0. The minimum atomic E-state index is -0.518. The molecule has 19 heavy (non-hydrogen) atoms. The zero-order valence-corrected chi connectivity index (χ0v) is 12.5. The monoisotopic (exact) mass is 269 g/mol. The van der Waals surface area contributed by atoms with Gasteiger partial charge >= 0.3 is 0 Å². The first-order valence-electron chi connectivity index (χ1n) is 8.29. The zero-order valence-electron chi connectivity index (χ0n) is 12.5. The predicted octanol–water partition coefficient (Wildman–Crippen LogP) is 3.01. The van der Waals surface area contributed by atoms with Crippen molar-refractivity contribution < 1.29 is 9.84 Å². The Morgan fingerprint density at radius 2 is 1.79 bits per heavy atom. The van der Waals surface area contributed by atoms with Crippen molar-refractivity contribution in [3.63, 3.8) is 0 Å². The van der Waals surface area contributed by atoms with Gasteiger partial charge in [-0.3, -0.25) is 0 Å². The highest BCUT2D eigenvalue weighted by Crippen LogP contribution is 2.30. The Balaban J connectivity index is 1.62. The Kier molecular flexibility index (Phi) is 6.11. The van der Waals surface area contributed by atoms with Crippen LogP contribution in [0.4, 0.5) is 0 Å². The smallest absolute Gasteiger partial charge is 0.0880 e. The first kappa shape index (κ1) is 15.3. The minimum absolute atomic E-state index is 0.380. The molecule has 0 atom stereocenters. The van der Waals surface area contributed by atoms with Crippen LogP contribution in [-0.2, 0) is 4.74 Å². The summed E-state index contributed by atoms with van der Waals surface area (Å²) in [6.07, 6.45) is 11.8. The summed E-state index contributed by atoms with van der Waals surface area (Å²) in [6.45, 7) is 3.91. The van der Waals surface area contributed by atoms with Crippen LogP contribution < -0.4 is 5.32 Å². The lowest BCUT2D eigenvalue weighted by Gasteiger charge is -2.35. The van der Waals surface area contributed by atoms with Gasteiger partial charge in [0.1, 0.15) is 0 Å². The number of ether oxygens (including phenoxy) is 1. The highest BCUT2D eigenvalue weighted by molar-refractivity contribution is 4.83. The molecule has 2 aliphatic carbocycles. The highest BCUT2D eigenvalue weighted by Gasteiger charge is 2.31. The lowest BCUT2D eigenvalue weighted by atomic mass is 9.85. The molecule has 0 bridgehead atoms. The van der Waals surface area contributed by atoms with Crippen molar-refractivity contribution in [3.8, 4) is 0 Å². The van der Waals surface area contributed by atoms with Crippen LogP contribution in [-0.4, -0.2) is 36.0 Å². The maximum atomic E-state index is 10.4. The van der Waals surface area contributed by atoms with Gasteiger partial charge in [0, 0.05) is 6.04 Å². The van der Waals surface area contributed by atoms with E-state index in [-0.39, 0.29) is 0 Å². The molecule has 2 saturated carbocycles. The molecule has 0 aromatic carbocycles. The molecule has 0 unspecified atom stereocenters. The van der Waals surface area contributed by atoms with Crippen LogP contribution >= 0.6 is 0 Å². The van der Waals surface area contributed by atoms with Crippen LogP contribution in [0.15, 0.2) is 0 Å². The summed E-state index contributed by atoms with van der Waals surface area (Å²) in [5, 5.41) is 14.0. The molecule has 0 aromatic heterocycles. The number of aliphatic hydroxyl groups is 1. The van der Waals surface area contributed by atoms with Crippen molar-refractivity contribution in [2.24, 2.45) is 0 Å². The lowest BCUT2D eigenvalue weighted by molar-refractivity contribution is -0.0980. The quantitative estimate of drug-likeness (QED) is 0.779. The standard InChI is InChI=1S/C16H31NO2/c1-2-12-17-14-6-8-15(9-7-14)19-13-16(18)10-4-3-5-11-16/h14-15,17-18H,2-13H2,1H3. The molecule has 0 spiro atoms. The molecule has 2 N–H and O–H groups in total. The Bertz CT molecular complexity index is 243. The summed E-state index contributed by atoms with van der Waals surface area (Å²) in [6, 6.07) is 0.692. The van der Waals surface area contributed by atoms with Gasteiger partial charge in [0.15, 0.2) is 0 Å². The van der Waals surface area contributed by atoms with Gasteiger partial charge in [-0.15, -0.1) is 0 Å². The van der Waals surface area contributed by atoms with Crippen molar-refractivity contribution in [2.45, 2.75) is 88.9 Å². The van der Waals surface area contributed by atoms with E-state index in [0.717, 1.165) is 45.1 Å². The third-order valence-electron chi connectivity index (χ3n) is 4.73. The van der Waals surface area contributed by atoms with Gasteiger partial charge in [-0.25, -0.2) is 0 Å². The molecule has 0 amide bonds. The van der Waals surface area contributed by atoms with E-state index >= 15 is 0 Å². The van der Waals surface area contributed by atoms with E-state index in [4.69, 9.17) is 4.74 Å². The second kappa shape index (κ2) is 7.61. The fourth-order valence-corrected chi connectivity index (χ4v) is 3.41. The normalized spacial score (nSPS) is 31.3. The topological polar surface area (TPSA) is 41.5 Å². The van der Waals surface area contributed by atoms with Crippen LogP contribution in [0.3, 0.4) is 0 Å². The van der Waals surface area contributed by atoms with Gasteiger partial charge < -0.3 is 15.2 Å². The van der Waals surface area contributed by atoms with Crippen molar-refractivity contribution in [2.75, 3.05) is 13.2 Å². The molecule has 0 heterocycles. The van der Waals surface area contributed by atoms with Crippen molar-refractivity contribution in [1.29, 1.82) is 0 Å². The molecule has 2 rings (SSSR count). The first-order valence-corrected chi connectivity index (χ1v) is 8.29. The number of rotatable bonds is 6. The van der Waals surface area contributed by atoms with E-state index in [1.807, 2.05) is 0 Å². The fourth-order valence-electron chi connectivity index (χ4n) is 3.41. The van der Waals surface area contributed by atoms with Crippen molar-refractivity contribution in [1.82, 2.24) is 5.32 Å². The molecule has 0 radical (unpaired) electrons. The third kappa shape index (κ3) is 5.05. The average molecular weight is 269 g/mol. The molecule has 0 aliphatic heterocycles. The van der Waals surface area contributed by atoms with Gasteiger partial charge in [-0.1, -0.05) is 26.2 Å². The Labute approximate surface area is 118 Å². The van der Waals surface area contributed by atoms with Crippen molar-refractivity contribution >= 4 is 0 Å². The van der Waals surface area contributed by atoms with Gasteiger partial charge in [-0.2, -0.15) is 0 Å². The van der Waals surface area contributed by atoms with E-state index in [2.05, 4.69) is 12.2 Å². The Hall–Kier alpha value is -0.120. The number of nitrogens with one attached hydrogen (secondary N) is 1. The molecule has 0 saturated heterocycles. The summed E-state index contributed by atoms with van der Waals surface area (Å²) < 4.78 is 6.00. The highest BCUT2D eigenvalue weighted by atomic mass is 16.5. The molecule has 112 valence electrons. The molecule has 2 aliphatic rings. The maximum absolute atomic E-state index is 10.4. The molecular formula is C16H31NO2. The van der Waals surface area contributed by atoms with E-state index in [9.17, 15) is 5.11 Å². The zero-order chi connectivity index (χ0) is 13.6. The minimum Gasteiger partial charge on any atom is -0.387 e. The summed E-state index contributed by atoms with van der Waals surface area (Å²) in [5.41, 5.74) is -0.518. The SMILES string of the molecule is CCCNC1CCC(OCC2(O)CCCCC2)CC1. The molecular weight excluding hydrogens is 238 g/mol. The summed E-state index contributed by atoms with van der Waals surface area (Å²) in [7, 11) is 0. The van der Waals surface area contributed by atoms with E-state index < -0.39 is 5.60 Å². The largest absolute Gasteiger partial charge is 0.387 e. The van der Waals surface area contributed by atoms with Gasteiger partial charge in [0.05, 0.1) is 18.3 Å². The third-order valence-corrected chi connectivity index (χ3v) is 4.73. The van der Waals surface area contributed by atoms with Crippen LogP contribution in [0.2, 0.25) is 0 Å². The van der Waals surface area contributed by atoms with Crippen LogP contribution in [0.25, 0.3) is 0 Å². The van der Waals surface area contributed by atoms with Gasteiger partial charge in [0.2, 0.25) is 0 Å². The second-order valence-electron chi connectivity index (χ2n) is 6.52. The summed E-state index contributed by atoms with van der Waals surface area (Å²) in [4.78, 5) is 0. The predicted molar refractivity (Wildman–Crippen MR) is 78.3 cm³/mol. The number of hydrogen-bond donors (Lipinski definition) is 2. The number of hydrogen-bond acceptors (Lipinski definition) is 3.